The number of unbranched alkanes of at least 4 members (excludes halogenated alkanes) is 34. The second kappa shape index (κ2) is 62.6. The van der Waals surface area contributed by atoms with Crippen LogP contribution in [0.5, 0.6) is 0 Å². The highest BCUT2D eigenvalue weighted by atomic mass is 31.2. The fourth-order valence-electron chi connectivity index (χ4n) is 11.0. The Hall–Kier alpha value is -1.94. The first-order valence-corrected chi connectivity index (χ1v) is 40.8. The van der Waals surface area contributed by atoms with Crippen LogP contribution in [-0.2, 0) is 65.4 Å². The molecule has 19 heteroatoms. The van der Waals surface area contributed by atoms with Gasteiger partial charge in [0, 0.05) is 25.7 Å². The van der Waals surface area contributed by atoms with Gasteiger partial charge >= 0.3 is 39.5 Å². The van der Waals surface area contributed by atoms with E-state index in [9.17, 15) is 43.2 Å². The SMILES string of the molecule is CCC(C)CCCCCCCCCCC(=O)O[C@H](COC(=O)CCCCCCCCCCC(C)C)COP(=O)(O)OC[C@@H](O)COP(=O)(O)OC[C@@H](COC(=O)CCCCCCCCC(C)CC)OC(=O)CCCCCCCCCCCCCCCCCCC(C)C. The number of hydrogen-bond acceptors (Lipinski definition) is 15. The Balaban J connectivity index is 5.22. The first kappa shape index (κ1) is 90.1. The highest BCUT2D eigenvalue weighted by Crippen LogP contribution is 2.45. The van der Waals surface area contributed by atoms with Gasteiger partial charge in [-0.25, -0.2) is 9.13 Å². The lowest BCUT2D eigenvalue weighted by Crippen LogP contribution is -2.30. The number of esters is 4. The van der Waals surface area contributed by atoms with Crippen molar-refractivity contribution < 1.29 is 80.2 Å². The zero-order chi connectivity index (χ0) is 68.2. The minimum atomic E-state index is -4.95. The van der Waals surface area contributed by atoms with E-state index in [0.717, 1.165) is 120 Å². The fraction of sp³-hybridized carbons (Fsp3) is 0.945. The first-order valence-electron chi connectivity index (χ1n) is 37.8. The maximum atomic E-state index is 13.0. The average Bonchev–Trinajstić information content (AvgIpc) is 2.62. The largest absolute Gasteiger partial charge is 0.472 e. The molecule has 0 aliphatic carbocycles. The van der Waals surface area contributed by atoms with Crippen molar-refractivity contribution in [1.29, 1.82) is 0 Å². The molecule has 0 heterocycles. The standard InChI is InChI=1S/C73H142O17P2/c1-9-65(7)51-43-35-27-22-24-30-40-48-56-73(78)90-68(59-83-70(75)53-45-37-28-23-21-26-34-42-50-64(5)6)61-87-91(79,80)85-57-67(74)58-86-92(81,82)88-62-69(60-84-71(76)54-46-38-32-31-36-44-52-66(8)10-2)89-72(77)55-47-39-29-20-18-16-14-12-11-13-15-17-19-25-33-41-49-63(3)4/h63-69,74H,9-62H2,1-8H3,(H,79,80)(H,81,82)/t65?,66?,67-,68-,69-/m1/s1. The van der Waals surface area contributed by atoms with Gasteiger partial charge in [-0.2, -0.15) is 0 Å². The second-order valence-electron chi connectivity index (χ2n) is 27.8. The Morgan fingerprint density at radius 3 is 0.772 bits per heavy atom. The van der Waals surface area contributed by atoms with E-state index in [1.54, 1.807) is 0 Å². The molecular formula is C73H142O17P2. The van der Waals surface area contributed by atoms with Crippen molar-refractivity contribution in [2.45, 2.75) is 382 Å². The van der Waals surface area contributed by atoms with Crippen molar-refractivity contribution >= 4 is 39.5 Å². The van der Waals surface area contributed by atoms with Crippen LogP contribution in [0.25, 0.3) is 0 Å². The summed E-state index contributed by atoms with van der Waals surface area (Å²) < 4.78 is 68.4. The third-order valence-electron chi connectivity index (χ3n) is 17.5. The molecule has 0 aromatic carbocycles. The zero-order valence-corrected chi connectivity index (χ0v) is 62.0. The van der Waals surface area contributed by atoms with Gasteiger partial charge in [-0.3, -0.25) is 37.3 Å². The van der Waals surface area contributed by atoms with Crippen molar-refractivity contribution in [3.63, 3.8) is 0 Å². The molecule has 0 bridgehead atoms. The summed E-state index contributed by atoms with van der Waals surface area (Å²) in [5.74, 6) is 0.908. The number of rotatable bonds is 70. The van der Waals surface area contributed by atoms with Crippen LogP contribution in [0.1, 0.15) is 364 Å². The van der Waals surface area contributed by atoms with Crippen LogP contribution in [0, 0.1) is 23.7 Å². The molecule has 0 aliphatic rings. The highest BCUT2D eigenvalue weighted by molar-refractivity contribution is 7.47. The molecule has 0 fully saturated rings. The van der Waals surface area contributed by atoms with Crippen LogP contribution in [0.4, 0.5) is 0 Å². The highest BCUT2D eigenvalue weighted by Gasteiger charge is 2.30. The molecule has 0 spiro atoms. The topological polar surface area (TPSA) is 237 Å². The van der Waals surface area contributed by atoms with E-state index in [-0.39, 0.29) is 25.7 Å². The lowest BCUT2D eigenvalue weighted by atomic mass is 9.99. The van der Waals surface area contributed by atoms with E-state index in [1.165, 1.54) is 161 Å². The van der Waals surface area contributed by atoms with Gasteiger partial charge in [0.25, 0.3) is 0 Å². The molecule has 0 saturated carbocycles. The third-order valence-corrected chi connectivity index (χ3v) is 19.4. The van der Waals surface area contributed by atoms with E-state index in [0.29, 0.717) is 25.7 Å². The summed E-state index contributed by atoms with van der Waals surface area (Å²) in [6.45, 7) is 14.1. The Morgan fingerprint density at radius 2 is 0.522 bits per heavy atom. The van der Waals surface area contributed by atoms with Gasteiger partial charge < -0.3 is 33.8 Å². The van der Waals surface area contributed by atoms with E-state index in [4.69, 9.17) is 37.0 Å². The Morgan fingerprint density at radius 1 is 0.304 bits per heavy atom. The quantitative estimate of drug-likeness (QED) is 0.0222. The number of ether oxygens (including phenoxy) is 4. The fourth-order valence-corrected chi connectivity index (χ4v) is 12.5. The van der Waals surface area contributed by atoms with Gasteiger partial charge in [-0.1, -0.05) is 312 Å². The average molecular weight is 1350 g/mol. The molecule has 17 nitrogen and oxygen atoms in total. The Labute approximate surface area is 562 Å². The molecule has 0 aromatic heterocycles. The van der Waals surface area contributed by atoms with Crippen LogP contribution >= 0.6 is 15.6 Å². The Kier molecular flexibility index (Phi) is 61.3. The summed E-state index contributed by atoms with van der Waals surface area (Å²) in [5, 5.41) is 10.6. The number of phosphoric ester groups is 2. The van der Waals surface area contributed by atoms with Crippen molar-refractivity contribution in [3.05, 3.63) is 0 Å². The second-order valence-corrected chi connectivity index (χ2v) is 30.7. The van der Waals surface area contributed by atoms with Gasteiger partial charge in [0.15, 0.2) is 12.2 Å². The number of carbonyl (C=O) groups excluding carboxylic acids is 4. The van der Waals surface area contributed by atoms with Crippen molar-refractivity contribution in [3.8, 4) is 0 Å². The van der Waals surface area contributed by atoms with Gasteiger partial charge in [0.2, 0.25) is 0 Å². The summed E-state index contributed by atoms with van der Waals surface area (Å²) in [4.78, 5) is 72.6. The lowest BCUT2D eigenvalue weighted by Gasteiger charge is -2.21. The van der Waals surface area contributed by atoms with Gasteiger partial charge in [-0.15, -0.1) is 0 Å². The number of hydrogen-bond donors (Lipinski definition) is 3. The first-order chi connectivity index (χ1) is 44.2. The minimum absolute atomic E-state index is 0.104. The number of aliphatic hydroxyl groups excluding tert-OH is 1. The predicted molar refractivity (Wildman–Crippen MR) is 372 cm³/mol. The molecular weight excluding hydrogens is 1210 g/mol. The summed E-state index contributed by atoms with van der Waals surface area (Å²) in [5.41, 5.74) is 0. The van der Waals surface area contributed by atoms with Crippen LogP contribution in [0.15, 0.2) is 0 Å². The molecule has 0 amide bonds. The number of aliphatic hydroxyl groups is 1. The monoisotopic (exact) mass is 1350 g/mol. The molecule has 92 heavy (non-hydrogen) atoms. The summed E-state index contributed by atoms with van der Waals surface area (Å²) in [6, 6.07) is 0. The maximum absolute atomic E-state index is 13.0. The normalized spacial score (nSPS) is 14.8. The zero-order valence-electron chi connectivity index (χ0n) is 60.2. The molecule has 0 aliphatic heterocycles. The maximum Gasteiger partial charge on any atom is 0.472 e. The van der Waals surface area contributed by atoms with E-state index in [1.807, 2.05) is 0 Å². The predicted octanol–water partition coefficient (Wildman–Crippen LogP) is 20.9. The van der Waals surface area contributed by atoms with Crippen LogP contribution in [-0.4, -0.2) is 96.7 Å². The molecule has 0 saturated heterocycles. The van der Waals surface area contributed by atoms with E-state index < -0.39 is 97.5 Å². The lowest BCUT2D eigenvalue weighted by molar-refractivity contribution is -0.161. The summed E-state index contributed by atoms with van der Waals surface area (Å²) >= 11 is 0. The Bertz CT molecular complexity index is 1820. The molecule has 4 unspecified atom stereocenters. The summed E-state index contributed by atoms with van der Waals surface area (Å²) in [6.07, 6.45) is 45.9. The smallest absolute Gasteiger partial charge is 0.462 e. The van der Waals surface area contributed by atoms with E-state index in [2.05, 4.69) is 55.4 Å². The van der Waals surface area contributed by atoms with Crippen molar-refractivity contribution in [2.24, 2.45) is 23.7 Å². The minimum Gasteiger partial charge on any atom is -0.462 e. The van der Waals surface area contributed by atoms with Gasteiger partial charge in [0.1, 0.15) is 19.3 Å². The summed E-state index contributed by atoms with van der Waals surface area (Å²) in [7, 11) is -9.91. The molecule has 0 aromatic rings. The van der Waals surface area contributed by atoms with Crippen molar-refractivity contribution in [1.82, 2.24) is 0 Å². The third kappa shape index (κ3) is 64.1. The van der Waals surface area contributed by atoms with Crippen LogP contribution < -0.4 is 0 Å². The number of carbonyl (C=O) groups is 4. The van der Waals surface area contributed by atoms with E-state index >= 15 is 0 Å². The molecule has 7 atom stereocenters. The van der Waals surface area contributed by atoms with Crippen LogP contribution in [0.2, 0.25) is 0 Å². The van der Waals surface area contributed by atoms with Gasteiger partial charge in [0.05, 0.1) is 26.4 Å². The van der Waals surface area contributed by atoms with Gasteiger partial charge in [-0.05, 0) is 49.4 Å². The molecule has 0 rings (SSSR count). The number of phosphoric acid groups is 2. The molecule has 3 N–H and O–H groups in total. The van der Waals surface area contributed by atoms with Crippen molar-refractivity contribution in [2.75, 3.05) is 39.6 Å². The molecule has 0 radical (unpaired) electrons. The molecule has 546 valence electrons. The van der Waals surface area contributed by atoms with Crippen LogP contribution in [0.3, 0.4) is 0 Å².